The Balaban J connectivity index is 1.33. The van der Waals surface area contributed by atoms with Crippen LogP contribution in [-0.2, 0) is 0 Å². The minimum absolute atomic E-state index is 0.0794. The molecule has 0 radical (unpaired) electrons. The van der Waals surface area contributed by atoms with E-state index in [0.29, 0.717) is 28.1 Å². The zero-order valence-corrected chi connectivity index (χ0v) is 18.5. The molecule has 164 valence electrons. The van der Waals surface area contributed by atoms with Crippen LogP contribution in [0.15, 0.2) is 30.5 Å². The summed E-state index contributed by atoms with van der Waals surface area (Å²) >= 11 is 1.22. The Bertz CT molecular complexity index is 1090. The van der Waals surface area contributed by atoms with Gasteiger partial charge in [-0.15, -0.1) is 5.10 Å². The molecule has 2 saturated heterocycles. The van der Waals surface area contributed by atoms with Gasteiger partial charge in [-0.25, -0.2) is 9.07 Å². The maximum Gasteiger partial charge on any atom is 0.294 e. The second-order valence-electron chi connectivity index (χ2n) is 8.80. The van der Waals surface area contributed by atoms with E-state index in [4.69, 9.17) is 4.74 Å². The molecule has 9 heteroatoms. The van der Waals surface area contributed by atoms with Crippen LogP contribution in [0.3, 0.4) is 0 Å². The van der Waals surface area contributed by atoms with E-state index in [0.717, 1.165) is 17.8 Å². The fourth-order valence-electron chi connectivity index (χ4n) is 4.80. The predicted octanol–water partition coefficient (Wildman–Crippen LogP) is 3.90. The predicted molar refractivity (Wildman–Crippen MR) is 116 cm³/mol. The molecule has 2 bridgehead atoms. The number of fused-ring (bicyclic) bond motifs is 2. The number of phenolic OH excluding ortho intramolecular Hbond substituents is 1. The fourth-order valence-corrected chi connectivity index (χ4v) is 5.58. The lowest BCUT2D eigenvalue weighted by Gasteiger charge is -2.48. The van der Waals surface area contributed by atoms with Crippen molar-refractivity contribution in [2.75, 3.05) is 0 Å². The normalized spacial score (nSPS) is 30.3. The minimum Gasteiger partial charge on any atom is -0.507 e. The van der Waals surface area contributed by atoms with Gasteiger partial charge in [-0.1, -0.05) is 30.3 Å². The molecule has 2 aliphatic rings. The highest BCUT2D eigenvalue weighted by molar-refractivity contribution is 7.16. The van der Waals surface area contributed by atoms with Gasteiger partial charge in [0, 0.05) is 30.8 Å². The summed E-state index contributed by atoms with van der Waals surface area (Å²) in [6.45, 7) is 6.21. The number of halogens is 1. The monoisotopic (exact) mass is 443 g/mol. The largest absolute Gasteiger partial charge is 0.507 e. The molecule has 2 fully saturated rings. The summed E-state index contributed by atoms with van der Waals surface area (Å²) < 4.78 is 22.8. The van der Waals surface area contributed by atoms with E-state index in [9.17, 15) is 5.11 Å². The SMILES string of the molecule is Cc1ccn(-c2ccc(-c3nnc(OC4CC5NC(C(C)CC5C)C4F)s3)c(O)c2)n1. The number of alkyl halides is 1. The summed E-state index contributed by atoms with van der Waals surface area (Å²) in [6, 6.07) is 7.24. The molecule has 7 nitrogen and oxygen atoms in total. The molecule has 4 heterocycles. The lowest BCUT2D eigenvalue weighted by molar-refractivity contribution is -0.0249. The van der Waals surface area contributed by atoms with E-state index in [-0.39, 0.29) is 23.8 Å². The Morgan fingerprint density at radius 2 is 2.03 bits per heavy atom. The molecule has 2 aliphatic heterocycles. The maximum absolute atomic E-state index is 15.1. The average Bonchev–Trinajstić information content (AvgIpc) is 3.37. The number of hydrogen-bond donors (Lipinski definition) is 2. The van der Waals surface area contributed by atoms with Crippen LogP contribution in [0.1, 0.15) is 32.4 Å². The van der Waals surface area contributed by atoms with Crippen molar-refractivity contribution < 1.29 is 14.2 Å². The van der Waals surface area contributed by atoms with Gasteiger partial charge in [0.05, 0.1) is 16.9 Å². The zero-order valence-electron chi connectivity index (χ0n) is 17.7. The Hall–Kier alpha value is -2.52. The van der Waals surface area contributed by atoms with E-state index >= 15 is 4.39 Å². The van der Waals surface area contributed by atoms with Crippen LogP contribution in [0.25, 0.3) is 16.3 Å². The minimum atomic E-state index is -1.09. The van der Waals surface area contributed by atoms with Gasteiger partial charge < -0.3 is 15.2 Å². The quantitative estimate of drug-likeness (QED) is 0.636. The van der Waals surface area contributed by atoms with Crippen molar-refractivity contribution in [2.45, 2.75) is 58.0 Å². The summed E-state index contributed by atoms with van der Waals surface area (Å²) in [4.78, 5) is 0. The van der Waals surface area contributed by atoms with Gasteiger partial charge in [-0.3, -0.25) is 0 Å². The number of nitrogens with zero attached hydrogens (tertiary/aromatic N) is 4. The van der Waals surface area contributed by atoms with Gasteiger partial charge in [0.25, 0.3) is 5.19 Å². The van der Waals surface area contributed by atoms with Gasteiger partial charge in [0.1, 0.15) is 11.9 Å². The molecular formula is C22H26FN5O2S. The van der Waals surface area contributed by atoms with E-state index in [1.807, 2.05) is 25.3 Å². The van der Waals surface area contributed by atoms with Crippen LogP contribution in [0.4, 0.5) is 4.39 Å². The van der Waals surface area contributed by atoms with Crippen LogP contribution in [-0.4, -0.2) is 49.4 Å². The van der Waals surface area contributed by atoms with Crippen molar-refractivity contribution in [3.05, 3.63) is 36.2 Å². The molecule has 0 aliphatic carbocycles. The first-order valence-electron chi connectivity index (χ1n) is 10.7. The Kier molecular flexibility index (Phi) is 5.18. The first kappa shape index (κ1) is 20.4. The molecule has 1 aromatic carbocycles. The first-order chi connectivity index (χ1) is 14.9. The molecule has 0 amide bonds. The summed E-state index contributed by atoms with van der Waals surface area (Å²) in [5.74, 6) is 0.839. The number of phenols is 1. The number of nitrogens with one attached hydrogen (secondary N) is 1. The third-order valence-corrected chi connectivity index (χ3v) is 7.34. The number of aromatic hydroxyl groups is 1. The Morgan fingerprint density at radius 1 is 1.19 bits per heavy atom. The first-order valence-corrected chi connectivity index (χ1v) is 11.5. The van der Waals surface area contributed by atoms with Crippen molar-refractivity contribution in [2.24, 2.45) is 11.8 Å². The molecule has 2 aromatic heterocycles. The number of aryl methyl sites for hydroxylation is 1. The molecular weight excluding hydrogens is 417 g/mol. The van der Waals surface area contributed by atoms with Crippen molar-refractivity contribution in [3.63, 3.8) is 0 Å². The third-order valence-electron chi connectivity index (χ3n) is 6.49. The molecule has 3 aromatic rings. The lowest BCUT2D eigenvalue weighted by Crippen LogP contribution is -2.64. The van der Waals surface area contributed by atoms with Crippen LogP contribution in [0.5, 0.6) is 10.9 Å². The molecule has 2 N–H and O–H groups in total. The van der Waals surface area contributed by atoms with Crippen LogP contribution < -0.4 is 10.1 Å². The zero-order chi connectivity index (χ0) is 21.7. The fraction of sp³-hybridized carbons (Fsp3) is 0.500. The van der Waals surface area contributed by atoms with Gasteiger partial charge in [-0.05, 0) is 43.4 Å². The Labute approximate surface area is 184 Å². The Morgan fingerprint density at radius 3 is 2.77 bits per heavy atom. The summed E-state index contributed by atoms with van der Waals surface area (Å²) in [6.07, 6.45) is 1.86. The highest BCUT2D eigenvalue weighted by atomic mass is 32.1. The highest BCUT2D eigenvalue weighted by Crippen LogP contribution is 2.39. The smallest absolute Gasteiger partial charge is 0.294 e. The number of piperidine rings is 2. The summed E-state index contributed by atoms with van der Waals surface area (Å²) in [7, 11) is 0. The van der Waals surface area contributed by atoms with Gasteiger partial charge in [0.2, 0.25) is 0 Å². The second kappa shape index (κ2) is 7.87. The second-order valence-corrected chi connectivity index (χ2v) is 9.74. The standard InChI is InChI=1S/C22H26FN5O2S/c1-11-8-12(2)20-19(23)18(10-16(11)24-20)30-22-26-25-21(31-22)15-5-4-14(9-17(15)29)28-7-6-13(3)27-28/h4-7,9,11-12,16,18-20,24,29H,8,10H2,1-3H3. The topological polar surface area (TPSA) is 85.1 Å². The molecule has 6 atom stereocenters. The number of hydrogen-bond acceptors (Lipinski definition) is 7. The van der Waals surface area contributed by atoms with Crippen molar-refractivity contribution in [1.82, 2.24) is 25.3 Å². The van der Waals surface area contributed by atoms with Crippen molar-refractivity contribution in [1.29, 1.82) is 0 Å². The van der Waals surface area contributed by atoms with Gasteiger partial charge in [-0.2, -0.15) is 5.10 Å². The molecule has 31 heavy (non-hydrogen) atoms. The molecule has 5 rings (SSSR count). The van der Waals surface area contributed by atoms with E-state index < -0.39 is 12.3 Å². The van der Waals surface area contributed by atoms with E-state index in [1.165, 1.54) is 11.3 Å². The van der Waals surface area contributed by atoms with Crippen molar-refractivity contribution in [3.8, 4) is 27.2 Å². The molecule has 0 saturated carbocycles. The van der Waals surface area contributed by atoms with E-state index in [1.54, 1.807) is 16.8 Å². The molecule has 6 unspecified atom stereocenters. The third kappa shape index (κ3) is 3.80. The number of ether oxygens (including phenoxy) is 1. The van der Waals surface area contributed by atoms with E-state index in [2.05, 4.69) is 34.5 Å². The summed E-state index contributed by atoms with van der Waals surface area (Å²) in [5, 5.41) is 27.5. The van der Waals surface area contributed by atoms with Crippen molar-refractivity contribution >= 4 is 11.3 Å². The lowest BCUT2D eigenvalue weighted by atomic mass is 9.73. The number of aromatic nitrogens is 4. The maximum atomic E-state index is 15.1. The van der Waals surface area contributed by atoms with Crippen LogP contribution >= 0.6 is 11.3 Å². The van der Waals surface area contributed by atoms with Crippen LogP contribution in [0.2, 0.25) is 0 Å². The number of benzene rings is 1. The molecule has 0 spiro atoms. The number of rotatable bonds is 4. The highest BCUT2D eigenvalue weighted by Gasteiger charge is 2.47. The summed E-state index contributed by atoms with van der Waals surface area (Å²) in [5.41, 5.74) is 2.20. The van der Waals surface area contributed by atoms with Crippen LogP contribution in [0, 0.1) is 18.8 Å². The van der Waals surface area contributed by atoms with Gasteiger partial charge >= 0.3 is 0 Å². The van der Waals surface area contributed by atoms with Gasteiger partial charge in [0.15, 0.2) is 11.2 Å². The average molecular weight is 444 g/mol.